The maximum atomic E-state index is 8.30. The van der Waals surface area contributed by atoms with Gasteiger partial charge in [0.05, 0.1) is 0 Å². The van der Waals surface area contributed by atoms with Crippen LogP contribution in [0.1, 0.15) is 0 Å². The molecule has 6 heteroatoms. The molecule has 0 aliphatic carbocycles. The molecule has 0 aliphatic rings. The largest absolute Gasteiger partial charge is 0.158 e. The Morgan fingerprint density at radius 3 is 1.17 bits per heavy atom. The van der Waals surface area contributed by atoms with E-state index in [9.17, 15) is 0 Å². The summed E-state index contributed by atoms with van der Waals surface area (Å²) in [5.74, 6) is 0. The second-order valence-electron chi connectivity index (χ2n) is 2.78. The van der Waals surface area contributed by atoms with Crippen molar-refractivity contribution in [3.8, 4) is 0 Å². The van der Waals surface area contributed by atoms with Gasteiger partial charge in [0.15, 0.2) is 9.79 Å². The number of hydrogen-bond donors (Lipinski definition) is 0. The Kier molecular flexibility index (Phi) is 17.7. The Bertz CT molecular complexity index is 352. The van der Waals surface area contributed by atoms with Gasteiger partial charge in [-0.15, -0.1) is 0 Å². The Labute approximate surface area is 122 Å². The van der Waals surface area contributed by atoms with Crippen LogP contribution in [0.3, 0.4) is 0 Å². The molecule has 0 fully saturated rings. The van der Waals surface area contributed by atoms with Crippen LogP contribution in [0.4, 0.5) is 14.1 Å². The van der Waals surface area contributed by atoms with Crippen LogP contribution in [0.25, 0.3) is 0 Å². The van der Waals surface area contributed by atoms with Crippen LogP contribution < -0.4 is 0 Å². The second kappa shape index (κ2) is 14.3. The molecule has 2 rings (SSSR count). The van der Waals surface area contributed by atoms with Crippen LogP contribution in [0.5, 0.6) is 0 Å². The first kappa shape index (κ1) is 22.4. The number of halogens is 3. The molecule has 0 aliphatic heterocycles. The van der Waals surface area contributed by atoms with E-state index in [2.05, 4.69) is 48.5 Å². The molecular formula is C12H14F3OSSb+. The molecule has 99 valence electrons. The van der Waals surface area contributed by atoms with Crippen molar-refractivity contribution >= 4 is 34.8 Å². The first-order valence-electron chi connectivity index (χ1n) is 4.45. The predicted molar refractivity (Wildman–Crippen MR) is 72.1 cm³/mol. The SMILES string of the molecule is F.F.F.[O]=[Sb].c1ccc([SH+]c2ccccc2)cc1. The Morgan fingerprint density at radius 2 is 0.889 bits per heavy atom. The van der Waals surface area contributed by atoms with Crippen molar-refractivity contribution in [2.45, 2.75) is 9.79 Å². The third-order valence-corrected chi connectivity index (χ3v) is 2.88. The molecule has 18 heavy (non-hydrogen) atoms. The van der Waals surface area contributed by atoms with Gasteiger partial charge in [0.1, 0.15) is 0 Å². The first-order chi connectivity index (χ1) is 7.45. The van der Waals surface area contributed by atoms with Gasteiger partial charge in [-0.05, 0) is 24.3 Å². The van der Waals surface area contributed by atoms with Crippen LogP contribution in [0.15, 0.2) is 70.5 Å². The predicted octanol–water partition coefficient (Wildman–Crippen LogP) is 2.88. The minimum absolute atomic E-state index is 0. The molecule has 0 aromatic heterocycles. The molecule has 0 atom stereocenters. The zero-order chi connectivity index (χ0) is 10.9. The normalized spacial score (nSPS) is 7.33. The van der Waals surface area contributed by atoms with Crippen molar-refractivity contribution in [1.82, 2.24) is 0 Å². The van der Waals surface area contributed by atoms with E-state index in [1.807, 2.05) is 12.1 Å². The summed E-state index contributed by atoms with van der Waals surface area (Å²) in [6.45, 7) is 0. The van der Waals surface area contributed by atoms with E-state index in [0.717, 1.165) is 0 Å². The molecule has 0 amide bonds. The first-order valence-corrected chi connectivity index (χ1v) is 6.39. The summed E-state index contributed by atoms with van der Waals surface area (Å²) in [6.07, 6.45) is 0. The second-order valence-corrected chi connectivity index (χ2v) is 4.04. The fourth-order valence-corrected chi connectivity index (χ4v) is 2.09. The smallest absolute Gasteiger partial charge is 0.0619 e. The van der Waals surface area contributed by atoms with E-state index >= 15 is 0 Å². The molecule has 2 aromatic carbocycles. The zero-order valence-corrected chi connectivity index (χ0v) is 12.7. The van der Waals surface area contributed by atoms with Crippen molar-refractivity contribution < 1.29 is 17.1 Å². The van der Waals surface area contributed by atoms with Crippen molar-refractivity contribution in [3.05, 3.63) is 60.7 Å². The summed E-state index contributed by atoms with van der Waals surface area (Å²) in [6, 6.07) is 21.0. The van der Waals surface area contributed by atoms with E-state index in [0.29, 0.717) is 23.0 Å². The van der Waals surface area contributed by atoms with E-state index in [4.69, 9.17) is 3.02 Å². The third-order valence-electron chi connectivity index (χ3n) is 1.77. The minimum atomic E-state index is 0. The number of benzene rings is 2. The van der Waals surface area contributed by atoms with E-state index < -0.39 is 0 Å². The average Bonchev–Trinajstić information content (AvgIpc) is 2.34. The molecule has 0 N–H and O–H groups in total. The van der Waals surface area contributed by atoms with Crippen LogP contribution in [-0.4, -0.2) is 23.0 Å². The molecule has 1 radical (unpaired) electrons. The number of hydrogen-bond acceptors (Lipinski definition) is 1. The van der Waals surface area contributed by atoms with E-state index in [1.165, 1.54) is 21.6 Å². The Morgan fingerprint density at radius 1 is 0.611 bits per heavy atom. The monoisotopic (exact) mass is 384 g/mol. The van der Waals surface area contributed by atoms with Crippen molar-refractivity contribution in [1.29, 1.82) is 0 Å². The fraction of sp³-hybridized carbons (Fsp3) is 0. The standard InChI is InChI=1S/C12H10S.3FH.O.Sb/c1-3-7-11(8-4-1)13-12-9-5-2-6-10-12;;;;;/h1-10H;3*1H;;/p+1. The molecule has 0 spiro atoms. The number of rotatable bonds is 2. The van der Waals surface area contributed by atoms with Crippen molar-refractivity contribution in [2.75, 3.05) is 0 Å². The van der Waals surface area contributed by atoms with E-state index in [1.54, 1.807) is 0 Å². The van der Waals surface area contributed by atoms with E-state index in [-0.39, 0.29) is 14.1 Å². The van der Waals surface area contributed by atoms with Crippen molar-refractivity contribution in [3.63, 3.8) is 0 Å². The third kappa shape index (κ3) is 8.31. The minimum Gasteiger partial charge on any atom is -0.0619 e. The molecule has 1 nitrogen and oxygen atoms in total. The zero-order valence-electron chi connectivity index (χ0n) is 9.30. The van der Waals surface area contributed by atoms with Gasteiger partial charge in [-0.25, -0.2) is 0 Å². The summed E-state index contributed by atoms with van der Waals surface area (Å²) in [5, 5.41) is 0. The van der Waals surface area contributed by atoms with Crippen LogP contribution >= 0.6 is 0 Å². The van der Waals surface area contributed by atoms with Gasteiger partial charge in [-0.3, -0.25) is 14.1 Å². The molecule has 2 aromatic rings. The summed E-state index contributed by atoms with van der Waals surface area (Å²) in [7, 11) is 0. The Balaban J connectivity index is -0.000000429. The van der Waals surface area contributed by atoms with Gasteiger partial charge in [0.25, 0.3) is 0 Å². The van der Waals surface area contributed by atoms with Crippen LogP contribution in [-0.2, 0) is 14.8 Å². The Hall–Kier alpha value is -0.802. The molecule has 0 saturated heterocycles. The topological polar surface area (TPSA) is 17.1 Å². The van der Waals surface area contributed by atoms with Crippen LogP contribution in [0.2, 0.25) is 0 Å². The summed E-state index contributed by atoms with van der Waals surface area (Å²) < 4.78 is 8.30. The summed E-state index contributed by atoms with van der Waals surface area (Å²) >= 11 is 1.78. The maximum Gasteiger partial charge on any atom is 0.158 e. The molecule has 0 saturated carbocycles. The van der Waals surface area contributed by atoms with Crippen molar-refractivity contribution in [2.24, 2.45) is 0 Å². The molecule has 0 heterocycles. The molecule has 0 bridgehead atoms. The summed E-state index contributed by atoms with van der Waals surface area (Å²) in [5.41, 5.74) is 0. The average molecular weight is 385 g/mol. The van der Waals surface area contributed by atoms with Gasteiger partial charge < -0.3 is 0 Å². The van der Waals surface area contributed by atoms with Gasteiger partial charge in [-0.1, -0.05) is 36.4 Å². The molecular weight excluding hydrogens is 371 g/mol. The van der Waals surface area contributed by atoms with Gasteiger partial charge >= 0.3 is 26.0 Å². The fourth-order valence-electron chi connectivity index (χ4n) is 1.15. The van der Waals surface area contributed by atoms with Crippen LogP contribution in [0, 0.1) is 0 Å². The quantitative estimate of drug-likeness (QED) is 0.442. The van der Waals surface area contributed by atoms with Gasteiger partial charge in [0, 0.05) is 11.8 Å². The maximum absolute atomic E-state index is 8.30. The molecule has 0 unspecified atom stereocenters. The summed E-state index contributed by atoms with van der Waals surface area (Å²) in [4.78, 5) is 2.68. The van der Waals surface area contributed by atoms with Gasteiger partial charge in [0.2, 0.25) is 0 Å². The van der Waals surface area contributed by atoms with Gasteiger partial charge in [-0.2, -0.15) is 0 Å². The number of thiol groups is 1.